The fourth-order valence-corrected chi connectivity index (χ4v) is 7.50. The van der Waals surface area contributed by atoms with E-state index in [1.54, 1.807) is 21.3 Å². The SMILES string of the molecule is CCCCCCCCC=CCCCCCCCC(=O)OC(=O)CCCCCCC/C=C\CCCCCCCC.CCC[Si](OC)(OC)OC. The van der Waals surface area contributed by atoms with E-state index in [1.165, 1.54) is 128 Å². The molecule has 0 aliphatic carbocycles. The molecule has 0 aromatic rings. The molecule has 0 saturated heterocycles. The summed E-state index contributed by atoms with van der Waals surface area (Å²) in [5, 5.41) is 0. The number of hydrogen-bond donors (Lipinski definition) is 0. The molecular weight excluding hydrogens is 629 g/mol. The van der Waals surface area contributed by atoms with E-state index in [-0.39, 0.29) is 11.9 Å². The third kappa shape index (κ3) is 37.8. The fraction of sp³-hybridized carbons (Fsp3) is 0.857. The largest absolute Gasteiger partial charge is 0.500 e. The first-order chi connectivity index (χ1) is 23.9. The minimum Gasteiger partial charge on any atom is -0.393 e. The summed E-state index contributed by atoms with van der Waals surface area (Å²) in [4.78, 5) is 23.8. The molecule has 49 heavy (non-hydrogen) atoms. The van der Waals surface area contributed by atoms with Gasteiger partial charge in [-0.1, -0.05) is 154 Å². The minimum atomic E-state index is -2.22. The second kappa shape index (κ2) is 41.1. The molecule has 0 fully saturated rings. The van der Waals surface area contributed by atoms with Crippen LogP contribution in [0.3, 0.4) is 0 Å². The molecule has 0 radical (unpaired) electrons. The van der Waals surface area contributed by atoms with Crippen LogP contribution in [0.1, 0.15) is 207 Å². The normalized spacial score (nSPS) is 11.7. The summed E-state index contributed by atoms with van der Waals surface area (Å²) in [5.74, 6) is -0.684. The highest BCUT2D eigenvalue weighted by atomic mass is 28.4. The van der Waals surface area contributed by atoms with Crippen LogP contribution in [-0.4, -0.2) is 42.1 Å². The maximum atomic E-state index is 11.9. The van der Waals surface area contributed by atoms with Gasteiger partial charge in [0.2, 0.25) is 0 Å². The second-order valence-corrected chi connectivity index (χ2v) is 16.7. The average molecular weight is 711 g/mol. The Labute approximate surface area is 306 Å². The van der Waals surface area contributed by atoms with Crippen LogP contribution in [0.25, 0.3) is 0 Å². The molecule has 0 aromatic carbocycles. The predicted molar refractivity (Wildman–Crippen MR) is 212 cm³/mol. The lowest BCUT2D eigenvalue weighted by molar-refractivity contribution is -0.159. The van der Waals surface area contributed by atoms with Crippen LogP contribution in [0, 0.1) is 0 Å². The molecule has 290 valence electrons. The minimum absolute atomic E-state index is 0.342. The van der Waals surface area contributed by atoms with Gasteiger partial charge in [-0.25, -0.2) is 0 Å². The van der Waals surface area contributed by atoms with E-state index in [9.17, 15) is 9.59 Å². The topological polar surface area (TPSA) is 71.1 Å². The van der Waals surface area contributed by atoms with E-state index in [2.05, 4.69) is 45.1 Å². The maximum Gasteiger partial charge on any atom is 0.500 e. The lowest BCUT2D eigenvalue weighted by Gasteiger charge is -2.23. The molecule has 0 saturated carbocycles. The van der Waals surface area contributed by atoms with Crippen LogP contribution in [-0.2, 0) is 27.6 Å². The molecule has 0 rings (SSSR count). The number of ether oxygens (including phenoxy) is 1. The van der Waals surface area contributed by atoms with E-state index in [1.807, 2.05) is 0 Å². The van der Waals surface area contributed by atoms with Gasteiger partial charge in [-0.3, -0.25) is 9.59 Å². The third-order valence-electron chi connectivity index (χ3n) is 9.00. The monoisotopic (exact) mass is 711 g/mol. The van der Waals surface area contributed by atoms with Crippen molar-refractivity contribution in [1.29, 1.82) is 0 Å². The number of allylic oxidation sites excluding steroid dienone is 4. The average Bonchev–Trinajstić information content (AvgIpc) is 3.11. The van der Waals surface area contributed by atoms with E-state index in [0.29, 0.717) is 12.8 Å². The van der Waals surface area contributed by atoms with Gasteiger partial charge in [0.15, 0.2) is 0 Å². The van der Waals surface area contributed by atoms with Crippen molar-refractivity contribution in [2.45, 2.75) is 213 Å². The van der Waals surface area contributed by atoms with Gasteiger partial charge in [0.05, 0.1) is 0 Å². The van der Waals surface area contributed by atoms with Gasteiger partial charge in [-0.2, -0.15) is 0 Å². The van der Waals surface area contributed by atoms with E-state index < -0.39 is 8.80 Å². The predicted octanol–water partition coefficient (Wildman–Crippen LogP) is 13.4. The Bertz CT molecular complexity index is 691. The summed E-state index contributed by atoms with van der Waals surface area (Å²) in [6.07, 6.45) is 43.2. The van der Waals surface area contributed by atoms with Crippen LogP contribution < -0.4 is 0 Å². The van der Waals surface area contributed by atoms with Crippen LogP contribution in [0.2, 0.25) is 6.04 Å². The van der Waals surface area contributed by atoms with Gasteiger partial charge in [0, 0.05) is 40.2 Å². The standard InChI is InChI=1S/C36H66O3.C6H16O3Si/c1-3-5-7-9-11-13-15-17-19-21-23-25-27-29-31-33-35(37)39-36(38)34-32-30-28-26-24-22-20-18-16-14-12-10-8-6-4-2;1-5-6-10(7-2,8-3)9-4/h17-20H,3-16,21-34H2,1-2H3;5-6H2,1-4H3/b19-17-,20-18?;. The van der Waals surface area contributed by atoms with Crippen molar-refractivity contribution in [2.75, 3.05) is 21.3 Å². The highest BCUT2D eigenvalue weighted by Crippen LogP contribution is 2.14. The van der Waals surface area contributed by atoms with Crippen LogP contribution >= 0.6 is 0 Å². The zero-order valence-corrected chi connectivity index (χ0v) is 34.5. The van der Waals surface area contributed by atoms with Gasteiger partial charge in [0.25, 0.3) is 0 Å². The van der Waals surface area contributed by atoms with Crippen LogP contribution in [0.5, 0.6) is 0 Å². The Hall–Kier alpha value is -1.28. The van der Waals surface area contributed by atoms with E-state index in [0.717, 1.165) is 51.0 Å². The van der Waals surface area contributed by atoms with Crippen molar-refractivity contribution in [2.24, 2.45) is 0 Å². The first kappa shape index (κ1) is 49.8. The molecule has 6 nitrogen and oxygen atoms in total. The molecule has 0 aromatic heterocycles. The molecule has 0 aliphatic rings. The maximum absolute atomic E-state index is 11.9. The zero-order valence-electron chi connectivity index (χ0n) is 33.5. The first-order valence-corrected chi connectivity index (χ1v) is 22.6. The van der Waals surface area contributed by atoms with Crippen LogP contribution in [0.4, 0.5) is 0 Å². The molecule has 0 aliphatic heterocycles. The Morgan fingerprint density at radius 1 is 0.408 bits per heavy atom. The molecule has 7 heteroatoms. The highest BCUT2D eigenvalue weighted by Gasteiger charge is 2.36. The molecule has 0 unspecified atom stereocenters. The molecule has 0 amide bonds. The van der Waals surface area contributed by atoms with Gasteiger partial charge in [0.1, 0.15) is 0 Å². The van der Waals surface area contributed by atoms with Crippen molar-refractivity contribution < 1.29 is 27.6 Å². The Morgan fingerprint density at radius 3 is 0.959 bits per heavy atom. The molecular formula is C42H82O6Si. The Balaban J connectivity index is 0. The molecule has 0 spiro atoms. The van der Waals surface area contributed by atoms with E-state index in [4.69, 9.17) is 18.0 Å². The van der Waals surface area contributed by atoms with Crippen molar-refractivity contribution in [3.05, 3.63) is 24.3 Å². The number of unbranched alkanes of at least 4 members (excludes halogenated alkanes) is 22. The summed E-state index contributed by atoms with van der Waals surface area (Å²) in [5.41, 5.74) is 0. The van der Waals surface area contributed by atoms with Gasteiger partial charge >= 0.3 is 20.7 Å². The quantitative estimate of drug-likeness (QED) is 0.0214. The Morgan fingerprint density at radius 2 is 0.694 bits per heavy atom. The second-order valence-electron chi connectivity index (χ2n) is 13.6. The highest BCUT2D eigenvalue weighted by molar-refractivity contribution is 6.60. The number of hydrogen-bond acceptors (Lipinski definition) is 6. The van der Waals surface area contributed by atoms with Gasteiger partial charge < -0.3 is 18.0 Å². The molecule has 0 bridgehead atoms. The fourth-order valence-electron chi connectivity index (χ4n) is 5.77. The number of esters is 2. The summed E-state index contributed by atoms with van der Waals surface area (Å²) in [7, 11) is 2.68. The summed E-state index contributed by atoms with van der Waals surface area (Å²) in [6.45, 7) is 6.61. The van der Waals surface area contributed by atoms with E-state index >= 15 is 0 Å². The first-order valence-electron chi connectivity index (χ1n) is 20.6. The molecule has 0 atom stereocenters. The zero-order chi connectivity index (χ0) is 36.5. The molecule has 0 N–H and O–H groups in total. The summed E-state index contributed by atoms with van der Waals surface area (Å²) >= 11 is 0. The van der Waals surface area contributed by atoms with Crippen LogP contribution in [0.15, 0.2) is 24.3 Å². The van der Waals surface area contributed by atoms with Crippen molar-refractivity contribution >= 4 is 20.7 Å². The van der Waals surface area contributed by atoms with Gasteiger partial charge in [-0.05, 0) is 64.2 Å². The lowest BCUT2D eigenvalue weighted by atomic mass is 10.1. The number of carbonyl (C=O) groups is 2. The Kier molecular flexibility index (Phi) is 41.8. The summed E-state index contributed by atoms with van der Waals surface area (Å²) in [6, 6.07) is 0.885. The number of rotatable bonds is 35. The van der Waals surface area contributed by atoms with Crippen molar-refractivity contribution in [3.8, 4) is 0 Å². The third-order valence-corrected chi connectivity index (χ3v) is 12.0. The molecule has 0 heterocycles. The van der Waals surface area contributed by atoms with Crippen molar-refractivity contribution in [1.82, 2.24) is 0 Å². The summed E-state index contributed by atoms with van der Waals surface area (Å²) < 4.78 is 20.5. The van der Waals surface area contributed by atoms with Crippen molar-refractivity contribution in [3.63, 3.8) is 0 Å². The number of carbonyl (C=O) groups excluding carboxylic acids is 2. The van der Waals surface area contributed by atoms with Gasteiger partial charge in [-0.15, -0.1) is 0 Å². The lowest BCUT2D eigenvalue weighted by Crippen LogP contribution is -2.42. The smallest absolute Gasteiger partial charge is 0.393 e.